The van der Waals surface area contributed by atoms with Gasteiger partial charge >= 0.3 is 0 Å². The van der Waals surface area contributed by atoms with Gasteiger partial charge in [0, 0.05) is 85.5 Å². The molecule has 1 aromatic heterocycles. The maximum Gasteiger partial charge on any atom is 0.120 e. The third-order valence-electron chi connectivity index (χ3n) is 7.23. The lowest BCUT2D eigenvalue weighted by atomic mass is 9.84. The van der Waals surface area contributed by atoms with Crippen molar-refractivity contribution < 1.29 is 9.47 Å². The summed E-state index contributed by atoms with van der Waals surface area (Å²) in [5.74, 6) is 1.80. The molecular formula is C33H18Cl8NO2. The van der Waals surface area contributed by atoms with Crippen LogP contribution in [0.4, 0.5) is 0 Å². The van der Waals surface area contributed by atoms with Crippen LogP contribution in [0, 0.1) is 5.92 Å². The molecule has 0 spiro atoms. The third kappa shape index (κ3) is 5.57. The Morgan fingerprint density at radius 2 is 0.818 bits per heavy atom. The molecule has 223 valence electrons. The van der Waals surface area contributed by atoms with E-state index in [1.807, 2.05) is 41.0 Å². The summed E-state index contributed by atoms with van der Waals surface area (Å²) >= 11 is 53.8. The van der Waals surface area contributed by atoms with E-state index in [0.717, 1.165) is 21.8 Å². The number of benzene rings is 5. The average Bonchev–Trinajstić information content (AvgIpc) is 3.28. The van der Waals surface area contributed by atoms with Crippen LogP contribution in [0.15, 0.2) is 72.8 Å². The lowest BCUT2D eigenvalue weighted by Gasteiger charge is -2.25. The molecule has 5 aromatic carbocycles. The van der Waals surface area contributed by atoms with E-state index in [0.29, 0.717) is 49.8 Å². The summed E-state index contributed by atoms with van der Waals surface area (Å²) in [5, 5.41) is 4.27. The molecule has 0 saturated heterocycles. The largest absolute Gasteiger partial charge is 0.497 e. The molecule has 0 unspecified atom stereocenters. The van der Waals surface area contributed by atoms with Crippen LogP contribution in [0.2, 0.25) is 40.2 Å². The zero-order valence-corrected chi connectivity index (χ0v) is 28.8. The highest BCUT2D eigenvalue weighted by atomic mass is 35.5. The van der Waals surface area contributed by atoms with Crippen LogP contribution in [-0.2, 0) is 0 Å². The summed E-state index contributed by atoms with van der Waals surface area (Å²) < 4.78 is 13.1. The molecule has 0 bridgehead atoms. The van der Waals surface area contributed by atoms with Crippen LogP contribution in [0.1, 0.15) is 16.7 Å². The van der Waals surface area contributed by atoms with Gasteiger partial charge in [-0.2, -0.15) is 0 Å². The highest BCUT2D eigenvalue weighted by Gasteiger charge is 2.32. The second-order valence-corrected chi connectivity index (χ2v) is 13.1. The number of rotatable bonds is 6. The van der Waals surface area contributed by atoms with Crippen molar-refractivity contribution in [3.8, 4) is 17.2 Å². The van der Waals surface area contributed by atoms with Gasteiger partial charge in [-0.15, -0.1) is 0 Å². The first-order chi connectivity index (χ1) is 21.0. The number of nitrogens with zero attached hydrogens (tertiary/aromatic N) is 1. The normalized spacial score (nSPS) is 11.6. The van der Waals surface area contributed by atoms with Gasteiger partial charge in [-0.1, -0.05) is 92.8 Å². The van der Waals surface area contributed by atoms with E-state index in [4.69, 9.17) is 102 Å². The number of methoxy groups -OCH3 is 2. The van der Waals surface area contributed by atoms with E-state index in [1.54, 1.807) is 50.6 Å². The predicted octanol–water partition coefficient (Wildman–Crippen LogP) is 13.0. The van der Waals surface area contributed by atoms with Crippen molar-refractivity contribution in [1.82, 2.24) is 4.57 Å². The molecule has 0 aliphatic rings. The van der Waals surface area contributed by atoms with Crippen LogP contribution < -0.4 is 9.47 Å². The zero-order valence-electron chi connectivity index (χ0n) is 22.7. The van der Waals surface area contributed by atoms with Crippen LogP contribution in [0.25, 0.3) is 27.5 Å². The molecule has 11 heteroatoms. The summed E-state index contributed by atoms with van der Waals surface area (Å²) in [7, 11) is 3.24. The summed E-state index contributed by atoms with van der Waals surface area (Å²) in [6.45, 7) is 0. The number of hydrogen-bond acceptors (Lipinski definition) is 2. The first-order valence-electron chi connectivity index (χ1n) is 12.8. The Balaban J connectivity index is 1.66. The lowest BCUT2D eigenvalue weighted by molar-refractivity contribution is 0.415. The predicted molar refractivity (Wildman–Crippen MR) is 187 cm³/mol. The van der Waals surface area contributed by atoms with Crippen LogP contribution in [-0.4, -0.2) is 18.8 Å². The number of hydrogen-bond donors (Lipinski definition) is 0. The highest BCUT2D eigenvalue weighted by molar-refractivity contribution is 6.43. The zero-order chi connectivity index (χ0) is 31.4. The average molecular weight is 744 g/mol. The van der Waals surface area contributed by atoms with Gasteiger partial charge in [0.2, 0.25) is 0 Å². The lowest BCUT2D eigenvalue weighted by Crippen LogP contribution is -2.10. The second kappa shape index (κ2) is 12.5. The molecular weight excluding hydrogens is 726 g/mol. The first kappa shape index (κ1) is 31.8. The van der Waals surface area contributed by atoms with Crippen molar-refractivity contribution in [2.24, 2.45) is 0 Å². The molecule has 0 aliphatic heterocycles. The summed E-state index contributed by atoms with van der Waals surface area (Å²) in [6.07, 6.45) is 0. The quantitative estimate of drug-likeness (QED) is 0.159. The first-order valence-corrected chi connectivity index (χ1v) is 15.9. The minimum absolute atomic E-state index is 0.248. The molecule has 0 aliphatic carbocycles. The number of aromatic nitrogens is 1. The summed E-state index contributed by atoms with van der Waals surface area (Å²) in [5.41, 5.74) is 3.64. The standard InChI is InChI=1S/C33H18Cl8NO2/c1-43-18-3-5-20-21-6-4-19(44-2)14-29(21)42(28(20)13-18)17-11-26(40)32(27(41)12-17)33(30-22(36)7-15(34)8-23(30)37)31-24(38)9-16(35)10-25(31)39/h3-14H,1-2H3. The molecule has 6 aromatic rings. The van der Waals surface area contributed by atoms with Gasteiger partial charge in [0.1, 0.15) is 11.5 Å². The number of halogens is 8. The number of ether oxygens (including phenoxy) is 2. The molecule has 3 nitrogen and oxygen atoms in total. The van der Waals surface area contributed by atoms with Crippen LogP contribution >= 0.6 is 92.8 Å². The molecule has 44 heavy (non-hydrogen) atoms. The number of fused-ring (bicyclic) bond motifs is 3. The minimum atomic E-state index is 0.248. The van der Waals surface area contributed by atoms with Gasteiger partial charge in [0.05, 0.1) is 31.2 Å². The fraction of sp³-hybridized carbons (Fsp3) is 0.0606. The van der Waals surface area contributed by atoms with Crippen molar-refractivity contribution in [1.29, 1.82) is 0 Å². The van der Waals surface area contributed by atoms with Crippen molar-refractivity contribution in [3.05, 3.63) is 136 Å². The maximum absolute atomic E-state index is 7.15. The van der Waals surface area contributed by atoms with Crippen molar-refractivity contribution >= 4 is 115 Å². The van der Waals surface area contributed by atoms with Gasteiger partial charge in [0.25, 0.3) is 0 Å². The molecule has 0 N–H and O–H groups in total. The van der Waals surface area contributed by atoms with Crippen molar-refractivity contribution in [2.75, 3.05) is 14.2 Å². The van der Waals surface area contributed by atoms with Crippen molar-refractivity contribution in [3.63, 3.8) is 0 Å². The Hall–Kier alpha value is -2.18. The fourth-order valence-corrected chi connectivity index (χ4v) is 8.05. The Morgan fingerprint density at radius 1 is 0.477 bits per heavy atom. The monoisotopic (exact) mass is 740 g/mol. The van der Waals surface area contributed by atoms with E-state index in [1.165, 1.54) is 0 Å². The Kier molecular flexibility index (Phi) is 9.07. The smallest absolute Gasteiger partial charge is 0.120 e. The molecule has 0 atom stereocenters. The van der Waals surface area contributed by atoms with Crippen LogP contribution in [0.3, 0.4) is 0 Å². The Bertz CT molecular complexity index is 1920. The molecule has 6 rings (SSSR count). The van der Waals surface area contributed by atoms with E-state index in [-0.39, 0.29) is 30.1 Å². The second-order valence-electron chi connectivity index (χ2n) is 9.75. The van der Waals surface area contributed by atoms with Gasteiger partial charge in [0.15, 0.2) is 0 Å². The van der Waals surface area contributed by atoms with E-state index in [9.17, 15) is 0 Å². The molecule has 0 amide bonds. The fourth-order valence-electron chi connectivity index (χ4n) is 5.38. The summed E-state index contributed by atoms with van der Waals surface area (Å²) in [4.78, 5) is 0. The molecule has 1 radical (unpaired) electrons. The van der Waals surface area contributed by atoms with Crippen molar-refractivity contribution in [2.45, 2.75) is 0 Å². The Labute approximate surface area is 293 Å². The SMILES string of the molecule is COc1ccc2c3ccc(OC)cc3n(-c3cc(Cl)c([C](c4c(Cl)cc(Cl)cc4Cl)c4c(Cl)cc(Cl)cc4Cl)c(Cl)c3)c2c1. The maximum atomic E-state index is 7.15. The summed E-state index contributed by atoms with van der Waals surface area (Å²) in [6, 6.07) is 21.6. The highest BCUT2D eigenvalue weighted by Crippen LogP contribution is 2.50. The Morgan fingerprint density at radius 3 is 1.16 bits per heavy atom. The minimum Gasteiger partial charge on any atom is -0.497 e. The molecule has 1 heterocycles. The van der Waals surface area contributed by atoms with E-state index in [2.05, 4.69) is 0 Å². The topological polar surface area (TPSA) is 23.4 Å². The van der Waals surface area contributed by atoms with Crippen LogP contribution in [0.5, 0.6) is 11.5 Å². The van der Waals surface area contributed by atoms with Gasteiger partial charge in [-0.05, 0) is 60.7 Å². The third-order valence-corrected chi connectivity index (χ3v) is 9.46. The molecule has 0 fully saturated rings. The molecule has 0 saturated carbocycles. The van der Waals surface area contributed by atoms with E-state index < -0.39 is 0 Å². The van der Waals surface area contributed by atoms with Gasteiger partial charge in [-0.3, -0.25) is 0 Å². The van der Waals surface area contributed by atoms with Gasteiger partial charge < -0.3 is 14.0 Å². The van der Waals surface area contributed by atoms with E-state index >= 15 is 0 Å². The van der Waals surface area contributed by atoms with Gasteiger partial charge in [-0.25, -0.2) is 0 Å².